The van der Waals surface area contributed by atoms with Gasteiger partial charge in [-0.25, -0.2) is 0 Å². The molecule has 0 spiro atoms. The van der Waals surface area contributed by atoms with Crippen LogP contribution in [0.5, 0.6) is 5.75 Å². The van der Waals surface area contributed by atoms with Crippen LogP contribution in [-0.2, 0) is 24.2 Å². The number of carbonyl (C=O) groups excluding carboxylic acids is 1. The van der Waals surface area contributed by atoms with Gasteiger partial charge in [-0.15, -0.1) is 0 Å². The van der Waals surface area contributed by atoms with Crippen LogP contribution in [0.3, 0.4) is 0 Å². The monoisotopic (exact) mass is 362 g/mol. The normalized spacial score (nSPS) is 12.5. The van der Waals surface area contributed by atoms with Crippen molar-refractivity contribution in [1.82, 2.24) is 0 Å². The van der Waals surface area contributed by atoms with Crippen LogP contribution in [0.2, 0.25) is 0 Å². The number of aryl methyl sites for hydroxylation is 2. The molecule has 4 rings (SSSR count). The maximum Gasteiger partial charge on any atom is 0.245 e. The van der Waals surface area contributed by atoms with Crippen molar-refractivity contribution in [3.63, 3.8) is 0 Å². The Bertz CT molecular complexity index is 934. The Labute approximate surface area is 158 Å². The van der Waals surface area contributed by atoms with Gasteiger partial charge in [-0.2, -0.15) is 5.01 Å². The molecule has 1 amide bonds. The molecule has 3 aromatic rings. The second-order valence-corrected chi connectivity index (χ2v) is 6.64. The van der Waals surface area contributed by atoms with Gasteiger partial charge >= 0.3 is 0 Å². The summed E-state index contributed by atoms with van der Waals surface area (Å²) >= 11 is 0. The third-order valence-electron chi connectivity index (χ3n) is 4.65. The molecular formula is C22H22N2O3. The number of benzene rings is 2. The largest absolute Gasteiger partial charge is 0.486 e. The standard InChI is InChI=1S/C22H22N2O3/c1-16(25)24(23-19-8-3-2-4-9-19)22-13-12-21(27-22)15-26-20-11-10-17-6-5-7-18(17)14-20/h2-4,8-14,23H,5-7,15H2,1H3. The van der Waals surface area contributed by atoms with Gasteiger partial charge in [0.2, 0.25) is 11.8 Å². The van der Waals surface area contributed by atoms with E-state index in [1.165, 1.54) is 29.5 Å². The van der Waals surface area contributed by atoms with Crippen LogP contribution in [-0.4, -0.2) is 5.91 Å². The quantitative estimate of drug-likeness (QED) is 0.644. The molecule has 138 valence electrons. The van der Waals surface area contributed by atoms with Crippen LogP contribution in [0.15, 0.2) is 65.1 Å². The van der Waals surface area contributed by atoms with E-state index in [-0.39, 0.29) is 5.91 Å². The molecule has 0 unspecified atom stereocenters. The summed E-state index contributed by atoms with van der Waals surface area (Å²) < 4.78 is 11.7. The number of nitrogens with one attached hydrogen (secondary N) is 1. The van der Waals surface area contributed by atoms with Crippen molar-refractivity contribution in [3.05, 3.63) is 77.6 Å². The van der Waals surface area contributed by atoms with E-state index in [1.54, 1.807) is 6.07 Å². The lowest BCUT2D eigenvalue weighted by atomic mass is 10.1. The molecule has 5 heteroatoms. The molecule has 0 radical (unpaired) electrons. The lowest BCUT2D eigenvalue weighted by molar-refractivity contribution is -0.116. The van der Waals surface area contributed by atoms with E-state index in [4.69, 9.17) is 9.15 Å². The fourth-order valence-electron chi connectivity index (χ4n) is 3.29. The predicted octanol–water partition coefficient (Wildman–Crippen LogP) is 4.73. The number of hydrogen-bond acceptors (Lipinski definition) is 4. The summed E-state index contributed by atoms with van der Waals surface area (Å²) in [7, 11) is 0. The highest BCUT2D eigenvalue weighted by molar-refractivity contribution is 5.92. The SMILES string of the molecule is CC(=O)N(Nc1ccccc1)c1ccc(COc2ccc3c(c2)CCC3)o1. The maximum absolute atomic E-state index is 12.0. The third kappa shape index (κ3) is 3.97. The predicted molar refractivity (Wildman–Crippen MR) is 105 cm³/mol. The van der Waals surface area contributed by atoms with Gasteiger partial charge in [0.1, 0.15) is 18.1 Å². The Hall–Kier alpha value is -3.21. The van der Waals surface area contributed by atoms with Crippen molar-refractivity contribution < 1.29 is 13.9 Å². The first-order valence-corrected chi connectivity index (χ1v) is 9.15. The fraction of sp³-hybridized carbons (Fsp3) is 0.227. The number of ether oxygens (including phenoxy) is 1. The minimum Gasteiger partial charge on any atom is -0.486 e. The summed E-state index contributed by atoms with van der Waals surface area (Å²) in [4.78, 5) is 12.0. The number of hydrogen-bond donors (Lipinski definition) is 1. The Morgan fingerprint density at radius 1 is 1.07 bits per heavy atom. The van der Waals surface area contributed by atoms with E-state index in [0.717, 1.165) is 24.3 Å². The molecule has 1 N–H and O–H groups in total. The Morgan fingerprint density at radius 2 is 1.89 bits per heavy atom. The first kappa shape index (κ1) is 17.2. The molecule has 0 saturated carbocycles. The Morgan fingerprint density at radius 3 is 2.70 bits per heavy atom. The van der Waals surface area contributed by atoms with Gasteiger partial charge in [0.15, 0.2) is 0 Å². The summed E-state index contributed by atoms with van der Waals surface area (Å²) in [5, 5.41) is 1.38. The molecule has 0 bridgehead atoms. The summed E-state index contributed by atoms with van der Waals surface area (Å²) in [6.07, 6.45) is 3.50. The van der Waals surface area contributed by atoms with Gasteiger partial charge in [0.05, 0.1) is 5.69 Å². The molecule has 2 aromatic carbocycles. The molecule has 0 aliphatic heterocycles. The third-order valence-corrected chi connectivity index (χ3v) is 4.65. The number of amides is 1. The Balaban J connectivity index is 1.43. The van der Waals surface area contributed by atoms with E-state index >= 15 is 0 Å². The van der Waals surface area contributed by atoms with Crippen molar-refractivity contribution in [3.8, 4) is 5.75 Å². The van der Waals surface area contributed by atoms with Crippen LogP contribution < -0.4 is 15.2 Å². The van der Waals surface area contributed by atoms with Crippen LogP contribution in [0.1, 0.15) is 30.2 Å². The van der Waals surface area contributed by atoms with Crippen molar-refractivity contribution in [2.24, 2.45) is 0 Å². The molecule has 1 heterocycles. The lowest BCUT2D eigenvalue weighted by Crippen LogP contribution is -2.33. The van der Waals surface area contributed by atoms with Gasteiger partial charge in [-0.3, -0.25) is 10.2 Å². The van der Waals surface area contributed by atoms with Gasteiger partial charge in [-0.05, 0) is 60.7 Å². The summed E-state index contributed by atoms with van der Waals surface area (Å²) in [6.45, 7) is 1.80. The zero-order valence-corrected chi connectivity index (χ0v) is 15.3. The van der Waals surface area contributed by atoms with Crippen LogP contribution >= 0.6 is 0 Å². The van der Waals surface area contributed by atoms with Gasteiger partial charge in [0, 0.05) is 13.0 Å². The average Bonchev–Trinajstić information content (AvgIpc) is 3.34. The molecule has 1 aliphatic carbocycles. The highest BCUT2D eigenvalue weighted by Crippen LogP contribution is 2.27. The van der Waals surface area contributed by atoms with Crippen LogP contribution in [0.4, 0.5) is 11.6 Å². The molecule has 27 heavy (non-hydrogen) atoms. The first-order chi connectivity index (χ1) is 13.2. The smallest absolute Gasteiger partial charge is 0.245 e. The van der Waals surface area contributed by atoms with E-state index in [0.29, 0.717) is 18.3 Å². The lowest BCUT2D eigenvalue weighted by Gasteiger charge is -2.20. The van der Waals surface area contributed by atoms with Gasteiger partial charge < -0.3 is 9.15 Å². The summed E-state index contributed by atoms with van der Waals surface area (Å²) in [6, 6.07) is 19.4. The molecule has 0 fully saturated rings. The zero-order chi connectivity index (χ0) is 18.6. The van der Waals surface area contributed by atoms with Crippen molar-refractivity contribution in [1.29, 1.82) is 0 Å². The average molecular weight is 362 g/mol. The molecule has 1 aliphatic rings. The molecule has 1 aromatic heterocycles. The number of hydrazine groups is 1. The number of fused-ring (bicyclic) bond motifs is 1. The summed E-state index contributed by atoms with van der Waals surface area (Å²) in [5.74, 6) is 1.77. The second-order valence-electron chi connectivity index (χ2n) is 6.64. The van der Waals surface area contributed by atoms with E-state index in [2.05, 4.69) is 17.6 Å². The van der Waals surface area contributed by atoms with Crippen LogP contribution in [0, 0.1) is 0 Å². The fourth-order valence-corrected chi connectivity index (χ4v) is 3.29. The van der Waals surface area contributed by atoms with Crippen molar-refractivity contribution in [2.75, 3.05) is 10.4 Å². The van der Waals surface area contributed by atoms with E-state index in [9.17, 15) is 4.79 Å². The van der Waals surface area contributed by atoms with Crippen molar-refractivity contribution in [2.45, 2.75) is 32.8 Å². The minimum atomic E-state index is -0.167. The number of carbonyl (C=O) groups is 1. The minimum absolute atomic E-state index is 0.167. The van der Waals surface area contributed by atoms with E-state index < -0.39 is 0 Å². The molecule has 5 nitrogen and oxygen atoms in total. The number of anilines is 2. The molecule has 0 saturated heterocycles. The van der Waals surface area contributed by atoms with Crippen molar-refractivity contribution >= 4 is 17.5 Å². The highest BCUT2D eigenvalue weighted by Gasteiger charge is 2.16. The number of nitrogens with zero attached hydrogens (tertiary/aromatic N) is 1. The first-order valence-electron chi connectivity index (χ1n) is 9.15. The molecular weight excluding hydrogens is 340 g/mol. The topological polar surface area (TPSA) is 54.7 Å². The maximum atomic E-state index is 12.0. The number of para-hydroxylation sites is 1. The van der Waals surface area contributed by atoms with Crippen LogP contribution in [0.25, 0.3) is 0 Å². The Kier molecular flexibility index (Phi) is 4.83. The zero-order valence-electron chi connectivity index (χ0n) is 15.3. The summed E-state index contributed by atoms with van der Waals surface area (Å²) in [5.41, 5.74) is 6.67. The highest BCUT2D eigenvalue weighted by atomic mass is 16.5. The molecule has 0 atom stereocenters. The number of furan rings is 1. The van der Waals surface area contributed by atoms with Gasteiger partial charge in [-0.1, -0.05) is 24.3 Å². The van der Waals surface area contributed by atoms with E-state index in [1.807, 2.05) is 42.5 Å². The van der Waals surface area contributed by atoms with Gasteiger partial charge in [0.25, 0.3) is 0 Å². The second kappa shape index (κ2) is 7.58. The number of rotatable bonds is 6.